The molecule has 0 aromatic carbocycles. The molecule has 27 heavy (non-hydrogen) atoms. The number of aliphatic hydroxyl groups excluding tert-OH is 1. The maximum atomic E-state index is 9.08. The molecule has 1 N–H and O–H groups in total. The molecule has 0 unspecified atom stereocenters. The van der Waals surface area contributed by atoms with E-state index in [4.69, 9.17) is 5.11 Å². The van der Waals surface area contributed by atoms with Crippen LogP contribution in [0.1, 0.15) is 109 Å². The molecule has 156 valence electrons. The Hall–Kier alpha value is -0.340. The van der Waals surface area contributed by atoms with E-state index in [1.807, 2.05) is 0 Å². The largest absolute Gasteiger partial charge is 0.396 e. The molecule has 3 aliphatic carbocycles. The zero-order valence-corrected chi connectivity index (χ0v) is 17.8. The molecule has 0 aromatic rings. The van der Waals surface area contributed by atoms with Crippen molar-refractivity contribution in [2.75, 3.05) is 13.2 Å². The second-order valence-electron chi connectivity index (χ2n) is 9.67. The Labute approximate surface area is 168 Å². The minimum absolute atomic E-state index is 0.363. The predicted octanol–water partition coefficient (Wildman–Crippen LogP) is 6.48. The fourth-order valence-electron chi connectivity index (χ4n) is 5.93. The molecule has 0 heterocycles. The molecule has 2 nitrogen and oxygen atoms in total. The first kappa shape index (κ1) is 21.4. The lowest BCUT2D eigenvalue weighted by Crippen LogP contribution is -2.46. The van der Waals surface area contributed by atoms with Gasteiger partial charge in [0, 0.05) is 18.7 Å². The highest BCUT2D eigenvalue weighted by Crippen LogP contribution is 2.34. The van der Waals surface area contributed by atoms with Gasteiger partial charge in [0.05, 0.1) is 0 Å². The predicted molar refractivity (Wildman–Crippen MR) is 116 cm³/mol. The normalized spacial score (nSPS) is 29.0. The van der Waals surface area contributed by atoms with E-state index >= 15 is 0 Å². The summed E-state index contributed by atoms with van der Waals surface area (Å²) in [6, 6.07) is 1.69. The second-order valence-corrected chi connectivity index (χ2v) is 9.67. The summed E-state index contributed by atoms with van der Waals surface area (Å²) in [4.78, 5) is 2.93. The van der Waals surface area contributed by atoms with Crippen LogP contribution >= 0.6 is 0 Å². The van der Waals surface area contributed by atoms with Crippen LogP contribution < -0.4 is 0 Å². The molecule has 3 saturated carbocycles. The third-order valence-electron chi connectivity index (χ3n) is 7.63. The van der Waals surface area contributed by atoms with Gasteiger partial charge >= 0.3 is 0 Å². The van der Waals surface area contributed by atoms with E-state index in [-0.39, 0.29) is 0 Å². The first-order valence-electron chi connectivity index (χ1n) is 12.4. The number of rotatable bonds is 9. The lowest BCUT2D eigenvalue weighted by Gasteiger charge is -2.43. The van der Waals surface area contributed by atoms with Gasteiger partial charge in [-0.3, -0.25) is 4.90 Å². The molecule has 0 saturated heterocycles. The second kappa shape index (κ2) is 12.3. The maximum absolute atomic E-state index is 9.08. The van der Waals surface area contributed by atoms with Gasteiger partial charge in [-0.2, -0.15) is 0 Å². The van der Waals surface area contributed by atoms with Gasteiger partial charge < -0.3 is 5.11 Å². The van der Waals surface area contributed by atoms with E-state index in [9.17, 15) is 0 Å². The molecule has 0 atom stereocenters. The van der Waals surface area contributed by atoms with Crippen LogP contribution in [0.3, 0.4) is 0 Å². The fourth-order valence-corrected chi connectivity index (χ4v) is 5.93. The molecule has 0 aliphatic heterocycles. The maximum Gasteiger partial charge on any atom is 0.0431 e. The van der Waals surface area contributed by atoms with E-state index in [0.29, 0.717) is 6.61 Å². The van der Waals surface area contributed by atoms with Crippen LogP contribution in [0.15, 0.2) is 12.2 Å². The average molecular weight is 376 g/mol. The van der Waals surface area contributed by atoms with Gasteiger partial charge in [-0.05, 0) is 89.0 Å². The van der Waals surface area contributed by atoms with Crippen LogP contribution in [0, 0.1) is 11.8 Å². The Morgan fingerprint density at radius 3 is 1.78 bits per heavy atom. The highest BCUT2D eigenvalue weighted by atomic mass is 16.2. The standard InChI is InChI=1S/C25H45NO/c27-21-9-3-8-20-26(24-12-6-2-7-13-24)25-18-16-23(17-19-25)15-14-22-10-4-1-5-11-22/h14-15,22-25,27H,1-13,16-21H2. The van der Waals surface area contributed by atoms with Crippen LogP contribution in [0.25, 0.3) is 0 Å². The smallest absolute Gasteiger partial charge is 0.0431 e. The van der Waals surface area contributed by atoms with Gasteiger partial charge in [-0.1, -0.05) is 50.7 Å². The summed E-state index contributed by atoms with van der Waals surface area (Å²) in [5.41, 5.74) is 0. The van der Waals surface area contributed by atoms with E-state index in [1.54, 1.807) is 0 Å². The molecule has 3 aliphatic rings. The first-order valence-corrected chi connectivity index (χ1v) is 12.4. The number of hydrogen-bond acceptors (Lipinski definition) is 2. The molecule has 0 spiro atoms. The molecule has 0 bridgehead atoms. The van der Waals surface area contributed by atoms with E-state index in [2.05, 4.69) is 17.1 Å². The third kappa shape index (κ3) is 7.20. The molecule has 0 aromatic heterocycles. The molecule has 2 heteroatoms. The van der Waals surface area contributed by atoms with E-state index in [0.717, 1.165) is 30.3 Å². The van der Waals surface area contributed by atoms with Crippen LogP contribution in [0.5, 0.6) is 0 Å². The highest BCUT2D eigenvalue weighted by Gasteiger charge is 2.30. The lowest BCUT2D eigenvalue weighted by molar-refractivity contribution is 0.0725. The SMILES string of the molecule is OCCCCCN(C1CCCCC1)C1CCC(C=CC2CCCCC2)CC1. The van der Waals surface area contributed by atoms with Crippen molar-refractivity contribution < 1.29 is 5.11 Å². The lowest BCUT2D eigenvalue weighted by atomic mass is 9.82. The van der Waals surface area contributed by atoms with Crippen LogP contribution in [0.4, 0.5) is 0 Å². The minimum atomic E-state index is 0.363. The summed E-state index contributed by atoms with van der Waals surface area (Å²) in [7, 11) is 0. The van der Waals surface area contributed by atoms with Crippen molar-refractivity contribution in [2.24, 2.45) is 11.8 Å². The van der Waals surface area contributed by atoms with Gasteiger partial charge in [0.25, 0.3) is 0 Å². The van der Waals surface area contributed by atoms with Gasteiger partial charge in [0.2, 0.25) is 0 Å². The van der Waals surface area contributed by atoms with Gasteiger partial charge in [-0.15, -0.1) is 0 Å². The fraction of sp³-hybridized carbons (Fsp3) is 0.920. The monoisotopic (exact) mass is 375 g/mol. The number of allylic oxidation sites excluding steroid dienone is 2. The van der Waals surface area contributed by atoms with Gasteiger partial charge in [0.1, 0.15) is 0 Å². The number of nitrogens with zero attached hydrogens (tertiary/aromatic N) is 1. The Kier molecular flexibility index (Phi) is 9.71. The first-order chi connectivity index (χ1) is 13.4. The van der Waals surface area contributed by atoms with E-state index in [1.165, 1.54) is 109 Å². The molecular formula is C25H45NO. The summed E-state index contributed by atoms with van der Waals surface area (Å²) in [6.07, 6.45) is 28.8. The zero-order chi connectivity index (χ0) is 18.7. The summed E-state index contributed by atoms with van der Waals surface area (Å²) in [6.45, 7) is 1.64. The summed E-state index contributed by atoms with van der Waals surface area (Å²) < 4.78 is 0. The highest BCUT2D eigenvalue weighted by molar-refractivity contribution is 4.97. The molecular weight excluding hydrogens is 330 g/mol. The number of aliphatic hydroxyl groups is 1. The van der Waals surface area contributed by atoms with Crippen molar-refractivity contribution in [1.82, 2.24) is 4.90 Å². The summed E-state index contributed by atoms with van der Waals surface area (Å²) >= 11 is 0. The van der Waals surface area contributed by atoms with Crippen molar-refractivity contribution in [3.05, 3.63) is 12.2 Å². The van der Waals surface area contributed by atoms with E-state index < -0.39 is 0 Å². The molecule has 0 amide bonds. The summed E-state index contributed by atoms with van der Waals surface area (Å²) in [5.74, 6) is 1.74. The topological polar surface area (TPSA) is 23.5 Å². The van der Waals surface area contributed by atoms with Crippen LogP contribution in [-0.4, -0.2) is 35.2 Å². The van der Waals surface area contributed by atoms with Crippen molar-refractivity contribution in [2.45, 2.75) is 121 Å². The molecule has 3 rings (SSSR count). The van der Waals surface area contributed by atoms with Gasteiger partial charge in [0.15, 0.2) is 0 Å². The van der Waals surface area contributed by atoms with Crippen molar-refractivity contribution in [3.63, 3.8) is 0 Å². The van der Waals surface area contributed by atoms with Crippen LogP contribution in [0.2, 0.25) is 0 Å². The Balaban J connectivity index is 1.46. The van der Waals surface area contributed by atoms with Crippen molar-refractivity contribution in [3.8, 4) is 0 Å². The quantitative estimate of drug-likeness (QED) is 0.368. The molecule has 3 fully saturated rings. The van der Waals surface area contributed by atoms with Gasteiger partial charge in [-0.25, -0.2) is 0 Å². The van der Waals surface area contributed by atoms with Crippen molar-refractivity contribution >= 4 is 0 Å². The third-order valence-corrected chi connectivity index (χ3v) is 7.63. The average Bonchev–Trinajstić information content (AvgIpc) is 2.74. The molecule has 0 radical (unpaired) electrons. The van der Waals surface area contributed by atoms with Crippen LogP contribution in [-0.2, 0) is 0 Å². The van der Waals surface area contributed by atoms with Crippen molar-refractivity contribution in [1.29, 1.82) is 0 Å². The number of unbranched alkanes of at least 4 members (excludes halogenated alkanes) is 2. The minimum Gasteiger partial charge on any atom is -0.396 e. The summed E-state index contributed by atoms with van der Waals surface area (Å²) in [5, 5.41) is 9.08. The zero-order valence-electron chi connectivity index (χ0n) is 17.8. The Bertz CT molecular complexity index is 401. The Morgan fingerprint density at radius 1 is 0.593 bits per heavy atom. The Morgan fingerprint density at radius 2 is 1.15 bits per heavy atom. The number of hydrogen-bond donors (Lipinski definition) is 1.